The van der Waals surface area contributed by atoms with Crippen LogP contribution in [0.2, 0.25) is 0 Å². The molecule has 0 aliphatic carbocycles. The molecule has 0 bridgehead atoms. The topological polar surface area (TPSA) is 39.2 Å². The first-order chi connectivity index (χ1) is 9.02. The highest BCUT2D eigenvalue weighted by Crippen LogP contribution is 2.24. The maximum Gasteiger partial charge on any atom is 0.194 e. The van der Waals surface area contributed by atoms with E-state index in [1.807, 2.05) is 45.0 Å². The van der Waals surface area contributed by atoms with Crippen molar-refractivity contribution in [1.29, 1.82) is 0 Å². The molecular formula is C16H17NO2. The molecule has 0 saturated heterocycles. The molecule has 2 rings (SSSR count). The smallest absolute Gasteiger partial charge is 0.194 e. The molecule has 1 heterocycles. The van der Waals surface area contributed by atoms with Crippen molar-refractivity contribution in [2.24, 2.45) is 0 Å². The van der Waals surface area contributed by atoms with Crippen molar-refractivity contribution in [2.45, 2.75) is 20.8 Å². The minimum atomic E-state index is -0.00393. The summed E-state index contributed by atoms with van der Waals surface area (Å²) in [5.74, 6) is 0.798. The van der Waals surface area contributed by atoms with Crippen molar-refractivity contribution >= 4 is 5.78 Å². The SMILES string of the molecule is COc1cc(C)c(C(=O)c2ccc(C)nc2)cc1C. The number of pyridine rings is 1. The molecule has 0 amide bonds. The number of aryl methyl sites for hydroxylation is 3. The third kappa shape index (κ3) is 2.65. The van der Waals surface area contributed by atoms with E-state index in [1.54, 1.807) is 13.3 Å². The third-order valence-corrected chi connectivity index (χ3v) is 3.16. The fourth-order valence-corrected chi connectivity index (χ4v) is 2.01. The van der Waals surface area contributed by atoms with Crippen LogP contribution in [0.5, 0.6) is 5.75 Å². The van der Waals surface area contributed by atoms with Crippen molar-refractivity contribution in [3.8, 4) is 5.75 Å². The van der Waals surface area contributed by atoms with E-state index in [1.165, 1.54) is 0 Å². The predicted octanol–water partition coefficient (Wildman–Crippen LogP) is 3.25. The van der Waals surface area contributed by atoms with Gasteiger partial charge in [0.2, 0.25) is 0 Å². The number of rotatable bonds is 3. The number of ether oxygens (including phenoxy) is 1. The van der Waals surface area contributed by atoms with Crippen molar-refractivity contribution in [2.75, 3.05) is 7.11 Å². The van der Waals surface area contributed by atoms with Gasteiger partial charge in [0, 0.05) is 23.0 Å². The second-order valence-electron chi connectivity index (χ2n) is 4.65. The zero-order chi connectivity index (χ0) is 14.0. The number of ketones is 1. The van der Waals surface area contributed by atoms with Gasteiger partial charge < -0.3 is 4.74 Å². The van der Waals surface area contributed by atoms with Gasteiger partial charge in [-0.25, -0.2) is 0 Å². The summed E-state index contributed by atoms with van der Waals surface area (Å²) in [4.78, 5) is 16.6. The van der Waals surface area contributed by atoms with Crippen LogP contribution in [0.15, 0.2) is 30.5 Å². The molecule has 1 aromatic carbocycles. The fraction of sp³-hybridized carbons (Fsp3) is 0.250. The van der Waals surface area contributed by atoms with E-state index in [0.717, 1.165) is 22.6 Å². The molecule has 0 atom stereocenters. The summed E-state index contributed by atoms with van der Waals surface area (Å²) in [6.07, 6.45) is 1.62. The van der Waals surface area contributed by atoms with Gasteiger partial charge in [0.1, 0.15) is 5.75 Å². The Morgan fingerprint density at radius 2 is 1.84 bits per heavy atom. The number of aromatic nitrogens is 1. The average molecular weight is 255 g/mol. The van der Waals surface area contributed by atoms with Crippen molar-refractivity contribution in [3.05, 3.63) is 58.4 Å². The monoisotopic (exact) mass is 255 g/mol. The summed E-state index contributed by atoms with van der Waals surface area (Å²) < 4.78 is 5.26. The first kappa shape index (κ1) is 13.3. The minimum Gasteiger partial charge on any atom is -0.496 e. The first-order valence-electron chi connectivity index (χ1n) is 6.15. The Labute approximate surface area is 113 Å². The lowest BCUT2D eigenvalue weighted by Crippen LogP contribution is -2.05. The zero-order valence-corrected chi connectivity index (χ0v) is 11.7. The standard InChI is InChI=1S/C16H17NO2/c1-10-8-15(19-4)11(2)7-14(10)16(18)13-6-5-12(3)17-9-13/h5-9H,1-4H3. The second-order valence-corrected chi connectivity index (χ2v) is 4.65. The zero-order valence-electron chi connectivity index (χ0n) is 11.7. The lowest BCUT2D eigenvalue weighted by molar-refractivity contribution is 0.103. The summed E-state index contributed by atoms with van der Waals surface area (Å²) in [7, 11) is 1.63. The fourth-order valence-electron chi connectivity index (χ4n) is 2.01. The van der Waals surface area contributed by atoms with Crippen LogP contribution in [0.25, 0.3) is 0 Å². The van der Waals surface area contributed by atoms with Crippen molar-refractivity contribution in [3.63, 3.8) is 0 Å². The third-order valence-electron chi connectivity index (χ3n) is 3.16. The summed E-state index contributed by atoms with van der Waals surface area (Å²) in [6, 6.07) is 7.42. The van der Waals surface area contributed by atoms with Crippen molar-refractivity contribution < 1.29 is 9.53 Å². The van der Waals surface area contributed by atoms with Crippen LogP contribution in [-0.4, -0.2) is 17.9 Å². The normalized spacial score (nSPS) is 10.3. The summed E-state index contributed by atoms with van der Waals surface area (Å²) in [5.41, 5.74) is 4.07. The highest BCUT2D eigenvalue weighted by Gasteiger charge is 2.14. The minimum absolute atomic E-state index is 0.00393. The number of methoxy groups -OCH3 is 1. The van der Waals surface area contributed by atoms with Gasteiger partial charge in [-0.05, 0) is 56.2 Å². The Balaban J connectivity index is 2.44. The number of carbonyl (C=O) groups is 1. The summed E-state index contributed by atoms with van der Waals surface area (Å²) in [5, 5.41) is 0. The Morgan fingerprint density at radius 1 is 1.11 bits per heavy atom. The number of benzene rings is 1. The van der Waals surface area contributed by atoms with E-state index in [-0.39, 0.29) is 5.78 Å². The van der Waals surface area contributed by atoms with Crippen LogP contribution in [0.3, 0.4) is 0 Å². The van der Waals surface area contributed by atoms with E-state index < -0.39 is 0 Å². The number of nitrogens with zero attached hydrogens (tertiary/aromatic N) is 1. The van der Waals surface area contributed by atoms with Gasteiger partial charge in [-0.3, -0.25) is 9.78 Å². The van der Waals surface area contributed by atoms with Crippen molar-refractivity contribution in [1.82, 2.24) is 4.98 Å². The van der Waals surface area contributed by atoms with Gasteiger partial charge in [0.05, 0.1) is 7.11 Å². The van der Waals surface area contributed by atoms with Gasteiger partial charge in [0.25, 0.3) is 0 Å². The van der Waals surface area contributed by atoms with Gasteiger partial charge in [-0.15, -0.1) is 0 Å². The number of hydrogen-bond donors (Lipinski definition) is 0. The molecule has 0 aliphatic rings. The van der Waals surface area contributed by atoms with Crippen LogP contribution >= 0.6 is 0 Å². The molecule has 2 aromatic rings. The molecule has 3 heteroatoms. The predicted molar refractivity (Wildman–Crippen MR) is 74.9 cm³/mol. The average Bonchev–Trinajstić information content (AvgIpc) is 2.41. The molecule has 0 unspecified atom stereocenters. The van der Waals surface area contributed by atoms with Gasteiger partial charge in [-0.2, -0.15) is 0 Å². The Hall–Kier alpha value is -2.16. The van der Waals surface area contributed by atoms with E-state index in [0.29, 0.717) is 11.1 Å². The molecule has 1 aromatic heterocycles. The first-order valence-corrected chi connectivity index (χ1v) is 6.15. The number of hydrogen-bond acceptors (Lipinski definition) is 3. The lowest BCUT2D eigenvalue weighted by atomic mass is 9.97. The quantitative estimate of drug-likeness (QED) is 0.790. The molecule has 0 radical (unpaired) electrons. The molecular weight excluding hydrogens is 238 g/mol. The Bertz CT molecular complexity index is 615. The molecule has 3 nitrogen and oxygen atoms in total. The summed E-state index contributed by atoms with van der Waals surface area (Å²) >= 11 is 0. The number of carbonyl (C=O) groups excluding carboxylic acids is 1. The maximum absolute atomic E-state index is 12.4. The highest BCUT2D eigenvalue weighted by atomic mass is 16.5. The van der Waals surface area contributed by atoms with E-state index >= 15 is 0 Å². The maximum atomic E-state index is 12.4. The molecule has 0 aliphatic heterocycles. The van der Waals surface area contributed by atoms with Gasteiger partial charge >= 0.3 is 0 Å². The highest BCUT2D eigenvalue weighted by molar-refractivity contribution is 6.09. The largest absolute Gasteiger partial charge is 0.496 e. The van der Waals surface area contributed by atoms with Crippen LogP contribution < -0.4 is 4.74 Å². The molecule has 0 N–H and O–H groups in total. The molecule has 98 valence electrons. The van der Waals surface area contributed by atoms with E-state index in [9.17, 15) is 4.79 Å². The van der Waals surface area contributed by atoms with E-state index in [2.05, 4.69) is 4.98 Å². The van der Waals surface area contributed by atoms with Gasteiger partial charge in [-0.1, -0.05) is 0 Å². The summed E-state index contributed by atoms with van der Waals surface area (Å²) in [6.45, 7) is 5.75. The molecule has 0 fully saturated rings. The van der Waals surface area contributed by atoms with Crippen LogP contribution in [0.4, 0.5) is 0 Å². The van der Waals surface area contributed by atoms with Crippen LogP contribution in [-0.2, 0) is 0 Å². The van der Waals surface area contributed by atoms with Crippen LogP contribution in [0.1, 0.15) is 32.7 Å². The van der Waals surface area contributed by atoms with E-state index in [4.69, 9.17) is 4.74 Å². The Kier molecular flexibility index (Phi) is 3.65. The lowest BCUT2D eigenvalue weighted by Gasteiger charge is -2.10. The molecule has 0 spiro atoms. The van der Waals surface area contributed by atoms with Crippen LogP contribution in [0, 0.1) is 20.8 Å². The van der Waals surface area contributed by atoms with Gasteiger partial charge in [0.15, 0.2) is 5.78 Å². The Morgan fingerprint density at radius 3 is 2.42 bits per heavy atom. The second kappa shape index (κ2) is 5.22. The molecule has 19 heavy (non-hydrogen) atoms. The molecule has 0 saturated carbocycles.